The van der Waals surface area contributed by atoms with Gasteiger partial charge in [0.1, 0.15) is 5.75 Å². The summed E-state index contributed by atoms with van der Waals surface area (Å²) in [5.74, 6) is 0.222. The topological polar surface area (TPSA) is 97.4 Å². The third-order valence-electron chi connectivity index (χ3n) is 3.87. The minimum Gasteiger partial charge on any atom is -0.483 e. The number of hydrogen-bond donors (Lipinski definition) is 2. The van der Waals surface area contributed by atoms with Crippen molar-refractivity contribution in [3.8, 4) is 5.75 Å². The Bertz CT molecular complexity index is 1090. The Hall–Kier alpha value is -2.43. The first-order valence-electron chi connectivity index (χ1n) is 8.61. The summed E-state index contributed by atoms with van der Waals surface area (Å²) in [4.78, 5) is 16.1. The van der Waals surface area contributed by atoms with Crippen LogP contribution in [0.1, 0.15) is 12.5 Å². The van der Waals surface area contributed by atoms with E-state index in [4.69, 9.17) is 4.74 Å². The molecular formula is C19H18BrN3O4S2. The van der Waals surface area contributed by atoms with E-state index in [1.165, 1.54) is 41.8 Å². The fourth-order valence-corrected chi connectivity index (χ4v) is 4.72. The van der Waals surface area contributed by atoms with Crippen molar-refractivity contribution in [2.45, 2.75) is 18.2 Å². The number of rotatable bonds is 8. The zero-order chi connectivity index (χ0) is 20.9. The van der Waals surface area contributed by atoms with Gasteiger partial charge < -0.3 is 10.1 Å². The number of ether oxygens (including phenoxy) is 1. The standard InChI is InChI=1S/C19H18BrN3O4S2/c1-2-13-3-8-17(16(20)11-13)27-12-18(24)22-14-4-6-15(7-5-14)29(25,26)23-19-21-9-10-28-19/h3-11H,2,12H2,1H3,(H,21,23)(H,22,24). The molecule has 0 unspecified atom stereocenters. The predicted molar refractivity (Wildman–Crippen MR) is 117 cm³/mol. The summed E-state index contributed by atoms with van der Waals surface area (Å²) >= 11 is 4.62. The fraction of sp³-hybridized carbons (Fsp3) is 0.158. The van der Waals surface area contributed by atoms with Crippen LogP contribution in [-0.2, 0) is 21.2 Å². The monoisotopic (exact) mass is 495 g/mol. The number of benzene rings is 2. The lowest BCUT2D eigenvalue weighted by Gasteiger charge is -2.10. The summed E-state index contributed by atoms with van der Waals surface area (Å²) in [5, 5.41) is 4.64. The predicted octanol–water partition coefficient (Wildman–Crippen LogP) is 4.29. The van der Waals surface area contributed by atoms with Crippen LogP contribution >= 0.6 is 27.3 Å². The molecule has 3 rings (SSSR count). The molecule has 0 atom stereocenters. The number of amides is 1. The number of carbonyl (C=O) groups is 1. The van der Waals surface area contributed by atoms with Gasteiger partial charge in [-0.2, -0.15) is 0 Å². The molecular weight excluding hydrogens is 478 g/mol. The maximum Gasteiger partial charge on any atom is 0.263 e. The maximum absolute atomic E-state index is 12.3. The minimum atomic E-state index is -3.73. The van der Waals surface area contributed by atoms with E-state index in [1.807, 2.05) is 18.2 Å². The van der Waals surface area contributed by atoms with E-state index < -0.39 is 10.0 Å². The number of thiazole rings is 1. The van der Waals surface area contributed by atoms with Crippen molar-refractivity contribution >= 4 is 54.0 Å². The minimum absolute atomic E-state index is 0.0712. The molecule has 1 aromatic heterocycles. The normalized spacial score (nSPS) is 11.1. The van der Waals surface area contributed by atoms with Crippen molar-refractivity contribution in [2.24, 2.45) is 0 Å². The lowest BCUT2D eigenvalue weighted by molar-refractivity contribution is -0.118. The van der Waals surface area contributed by atoms with Gasteiger partial charge in [0.2, 0.25) is 0 Å². The molecule has 2 N–H and O–H groups in total. The molecule has 0 spiro atoms. The summed E-state index contributed by atoms with van der Waals surface area (Å²) in [6.45, 7) is 1.89. The first kappa shape index (κ1) is 21.3. The Morgan fingerprint density at radius 1 is 1.21 bits per heavy atom. The first-order valence-corrected chi connectivity index (χ1v) is 11.8. The number of anilines is 2. The Kier molecular flexibility index (Phi) is 6.88. The van der Waals surface area contributed by atoms with Crippen molar-refractivity contribution in [1.82, 2.24) is 4.98 Å². The lowest BCUT2D eigenvalue weighted by atomic mass is 10.2. The summed E-state index contributed by atoms with van der Waals surface area (Å²) in [6.07, 6.45) is 2.42. The molecule has 0 saturated carbocycles. The zero-order valence-electron chi connectivity index (χ0n) is 15.4. The maximum atomic E-state index is 12.3. The molecule has 0 saturated heterocycles. The summed E-state index contributed by atoms with van der Waals surface area (Å²) in [7, 11) is -3.73. The van der Waals surface area contributed by atoms with Crippen LogP contribution in [0.4, 0.5) is 10.8 Å². The molecule has 0 radical (unpaired) electrons. The number of halogens is 1. The van der Waals surface area contributed by atoms with Gasteiger partial charge in [-0.25, -0.2) is 13.4 Å². The number of hydrogen-bond acceptors (Lipinski definition) is 6. The largest absolute Gasteiger partial charge is 0.483 e. The van der Waals surface area contributed by atoms with Crippen LogP contribution in [0.25, 0.3) is 0 Å². The van der Waals surface area contributed by atoms with Crippen molar-refractivity contribution in [3.63, 3.8) is 0 Å². The third kappa shape index (κ3) is 5.78. The van der Waals surface area contributed by atoms with Gasteiger partial charge >= 0.3 is 0 Å². The van der Waals surface area contributed by atoms with Gasteiger partial charge in [0.25, 0.3) is 15.9 Å². The second kappa shape index (κ2) is 9.38. The van der Waals surface area contributed by atoms with Crippen molar-refractivity contribution in [2.75, 3.05) is 16.6 Å². The highest BCUT2D eigenvalue weighted by atomic mass is 79.9. The molecule has 152 valence electrons. The smallest absolute Gasteiger partial charge is 0.263 e. The van der Waals surface area contributed by atoms with Crippen LogP contribution in [0, 0.1) is 0 Å². The number of aromatic nitrogens is 1. The van der Waals surface area contributed by atoms with Crippen LogP contribution in [-0.4, -0.2) is 25.9 Å². The summed E-state index contributed by atoms with van der Waals surface area (Å²) in [5.41, 5.74) is 1.63. The number of carbonyl (C=O) groups excluding carboxylic acids is 1. The van der Waals surface area contributed by atoms with Crippen LogP contribution in [0.2, 0.25) is 0 Å². The molecule has 0 aliphatic carbocycles. The number of aryl methyl sites for hydroxylation is 1. The average Bonchev–Trinajstić information content (AvgIpc) is 3.19. The third-order valence-corrected chi connectivity index (χ3v) is 6.66. The van der Waals surface area contributed by atoms with Crippen LogP contribution in [0.3, 0.4) is 0 Å². The second-order valence-corrected chi connectivity index (χ2v) is 9.35. The Balaban J connectivity index is 1.57. The van der Waals surface area contributed by atoms with E-state index in [2.05, 4.69) is 37.9 Å². The fourth-order valence-electron chi connectivity index (χ4n) is 2.39. The second-order valence-electron chi connectivity index (χ2n) is 5.92. The van der Waals surface area contributed by atoms with Crippen molar-refractivity contribution < 1.29 is 17.9 Å². The average molecular weight is 496 g/mol. The number of nitrogens with one attached hydrogen (secondary N) is 2. The van der Waals surface area contributed by atoms with Crippen LogP contribution in [0.5, 0.6) is 5.75 Å². The van der Waals surface area contributed by atoms with Gasteiger partial charge in [-0.05, 0) is 64.3 Å². The van der Waals surface area contributed by atoms with E-state index in [0.29, 0.717) is 11.4 Å². The molecule has 0 aliphatic rings. The van der Waals surface area contributed by atoms with E-state index >= 15 is 0 Å². The molecule has 7 nitrogen and oxygen atoms in total. The molecule has 2 aromatic carbocycles. The molecule has 0 bridgehead atoms. The Morgan fingerprint density at radius 3 is 2.59 bits per heavy atom. The molecule has 1 heterocycles. The molecule has 0 aliphatic heterocycles. The Labute approximate surface area is 181 Å². The molecule has 29 heavy (non-hydrogen) atoms. The number of sulfonamides is 1. The molecule has 1 amide bonds. The van der Waals surface area contributed by atoms with Crippen LogP contribution < -0.4 is 14.8 Å². The molecule has 3 aromatic rings. The highest BCUT2D eigenvalue weighted by molar-refractivity contribution is 9.10. The van der Waals surface area contributed by atoms with Crippen molar-refractivity contribution in [3.05, 3.63) is 64.1 Å². The highest BCUT2D eigenvalue weighted by Crippen LogP contribution is 2.26. The van der Waals surface area contributed by atoms with Gasteiger partial charge in [-0.3, -0.25) is 9.52 Å². The molecule has 10 heteroatoms. The van der Waals surface area contributed by atoms with Gasteiger partial charge in [0, 0.05) is 17.3 Å². The zero-order valence-corrected chi connectivity index (χ0v) is 18.6. The highest BCUT2D eigenvalue weighted by Gasteiger charge is 2.15. The quantitative estimate of drug-likeness (QED) is 0.485. The van der Waals surface area contributed by atoms with E-state index in [0.717, 1.165) is 16.5 Å². The van der Waals surface area contributed by atoms with E-state index in [1.54, 1.807) is 5.38 Å². The van der Waals surface area contributed by atoms with E-state index in [-0.39, 0.29) is 22.5 Å². The van der Waals surface area contributed by atoms with Crippen LogP contribution in [0.15, 0.2) is 63.4 Å². The Morgan fingerprint density at radius 2 is 1.97 bits per heavy atom. The van der Waals surface area contributed by atoms with Gasteiger partial charge in [-0.1, -0.05) is 13.0 Å². The summed E-state index contributed by atoms with van der Waals surface area (Å²) in [6, 6.07) is 11.5. The van der Waals surface area contributed by atoms with Crippen molar-refractivity contribution in [1.29, 1.82) is 0 Å². The first-order chi connectivity index (χ1) is 13.9. The van der Waals surface area contributed by atoms with E-state index in [9.17, 15) is 13.2 Å². The van der Waals surface area contributed by atoms with Gasteiger partial charge in [0.05, 0.1) is 9.37 Å². The van der Waals surface area contributed by atoms with Gasteiger partial charge in [-0.15, -0.1) is 11.3 Å². The molecule has 0 fully saturated rings. The summed E-state index contributed by atoms with van der Waals surface area (Å²) < 4.78 is 33.3. The number of nitrogens with zero attached hydrogens (tertiary/aromatic N) is 1. The van der Waals surface area contributed by atoms with Gasteiger partial charge in [0.15, 0.2) is 11.7 Å². The lowest BCUT2D eigenvalue weighted by Crippen LogP contribution is -2.20. The SMILES string of the molecule is CCc1ccc(OCC(=O)Nc2ccc(S(=O)(=O)Nc3nccs3)cc2)c(Br)c1.